The van der Waals surface area contributed by atoms with E-state index in [0.717, 1.165) is 6.07 Å². The van der Waals surface area contributed by atoms with Crippen molar-refractivity contribution in [1.82, 2.24) is 4.90 Å². The summed E-state index contributed by atoms with van der Waals surface area (Å²) in [6, 6.07) is 3.39. The number of methoxy groups -OCH3 is 1. The third kappa shape index (κ3) is 3.13. The first-order chi connectivity index (χ1) is 10.3. The summed E-state index contributed by atoms with van der Waals surface area (Å²) in [5, 5.41) is 9.50. The highest BCUT2D eigenvalue weighted by atomic mass is 19.1. The predicted octanol–water partition coefficient (Wildman–Crippen LogP) is 1.92. The molecule has 0 saturated carbocycles. The smallest absolute Gasteiger partial charge is 0.310 e. The SMILES string of the molecule is COC(=O)[C@@H]1CN(C(C)(C)CO)C[C@H]1c1ccc(F)cc1F. The lowest BCUT2D eigenvalue weighted by Gasteiger charge is -2.33. The molecule has 0 bridgehead atoms. The third-order valence-electron chi connectivity index (χ3n) is 4.43. The van der Waals surface area contributed by atoms with Crippen LogP contribution in [0.3, 0.4) is 0 Å². The van der Waals surface area contributed by atoms with Gasteiger partial charge in [0.2, 0.25) is 0 Å². The van der Waals surface area contributed by atoms with Crippen LogP contribution < -0.4 is 0 Å². The van der Waals surface area contributed by atoms with Gasteiger partial charge in [0, 0.05) is 30.6 Å². The zero-order chi connectivity index (χ0) is 16.5. The fourth-order valence-corrected chi connectivity index (χ4v) is 2.91. The summed E-state index contributed by atoms with van der Waals surface area (Å²) >= 11 is 0. The standard InChI is InChI=1S/C16H21F2NO3/c1-16(2,9-20)19-7-12(13(8-19)15(21)22-3)11-5-4-10(17)6-14(11)18/h4-6,12-13,20H,7-9H2,1-3H3/t12-,13+/m0/s1. The van der Waals surface area contributed by atoms with E-state index in [1.165, 1.54) is 19.2 Å². The van der Waals surface area contributed by atoms with Gasteiger partial charge in [0.05, 0.1) is 19.6 Å². The highest BCUT2D eigenvalue weighted by Crippen LogP contribution is 2.38. The molecule has 2 atom stereocenters. The maximum Gasteiger partial charge on any atom is 0.310 e. The van der Waals surface area contributed by atoms with Gasteiger partial charge in [-0.05, 0) is 25.5 Å². The number of hydrogen-bond donors (Lipinski definition) is 1. The van der Waals surface area contributed by atoms with Crippen molar-refractivity contribution in [2.45, 2.75) is 25.3 Å². The van der Waals surface area contributed by atoms with Gasteiger partial charge in [-0.1, -0.05) is 6.07 Å². The van der Waals surface area contributed by atoms with Crippen LogP contribution in [-0.4, -0.2) is 48.3 Å². The minimum absolute atomic E-state index is 0.0838. The molecule has 1 aliphatic rings. The summed E-state index contributed by atoms with van der Waals surface area (Å²) in [6.07, 6.45) is 0. The second-order valence-electron chi connectivity index (χ2n) is 6.28. The fraction of sp³-hybridized carbons (Fsp3) is 0.562. The molecule has 0 unspecified atom stereocenters. The van der Waals surface area contributed by atoms with Crippen LogP contribution >= 0.6 is 0 Å². The Hall–Kier alpha value is -1.53. The number of likely N-dealkylation sites (tertiary alicyclic amines) is 1. The van der Waals surface area contributed by atoms with E-state index in [9.17, 15) is 18.7 Å². The van der Waals surface area contributed by atoms with E-state index in [4.69, 9.17) is 4.74 Å². The van der Waals surface area contributed by atoms with Crippen molar-refractivity contribution >= 4 is 5.97 Å². The number of hydrogen-bond acceptors (Lipinski definition) is 4. The zero-order valence-electron chi connectivity index (χ0n) is 13.0. The van der Waals surface area contributed by atoms with Crippen LogP contribution in [0.15, 0.2) is 18.2 Å². The molecular formula is C16H21F2NO3. The lowest BCUT2D eigenvalue weighted by molar-refractivity contribution is -0.145. The zero-order valence-corrected chi connectivity index (χ0v) is 13.0. The van der Waals surface area contributed by atoms with Crippen LogP contribution in [0.1, 0.15) is 25.3 Å². The van der Waals surface area contributed by atoms with E-state index in [0.29, 0.717) is 18.7 Å². The number of nitrogens with zero attached hydrogens (tertiary/aromatic N) is 1. The third-order valence-corrected chi connectivity index (χ3v) is 4.43. The number of rotatable bonds is 4. The van der Waals surface area contributed by atoms with E-state index in [2.05, 4.69) is 0 Å². The first-order valence-corrected chi connectivity index (χ1v) is 7.19. The Morgan fingerprint density at radius 3 is 2.64 bits per heavy atom. The highest BCUT2D eigenvalue weighted by Gasteiger charge is 2.44. The van der Waals surface area contributed by atoms with E-state index in [-0.39, 0.29) is 6.61 Å². The monoisotopic (exact) mass is 313 g/mol. The minimum atomic E-state index is -0.664. The molecule has 1 N–H and O–H groups in total. The summed E-state index contributed by atoms with van der Waals surface area (Å²) < 4.78 is 32.0. The molecule has 1 heterocycles. The molecule has 122 valence electrons. The van der Waals surface area contributed by atoms with E-state index in [1.54, 1.807) is 0 Å². The molecule has 1 saturated heterocycles. The van der Waals surface area contributed by atoms with E-state index in [1.807, 2.05) is 18.7 Å². The second kappa shape index (κ2) is 6.30. The molecule has 0 spiro atoms. The van der Waals surface area contributed by atoms with Gasteiger partial charge < -0.3 is 9.84 Å². The summed E-state index contributed by atoms with van der Waals surface area (Å²) in [4.78, 5) is 14.0. The van der Waals surface area contributed by atoms with Crippen LogP contribution in [-0.2, 0) is 9.53 Å². The first-order valence-electron chi connectivity index (χ1n) is 7.19. The topological polar surface area (TPSA) is 49.8 Å². The van der Waals surface area contributed by atoms with Gasteiger partial charge in [-0.25, -0.2) is 8.78 Å². The predicted molar refractivity (Wildman–Crippen MR) is 77.3 cm³/mol. The Labute approximate surface area is 128 Å². The van der Waals surface area contributed by atoms with Crippen molar-refractivity contribution < 1.29 is 23.4 Å². The Morgan fingerprint density at radius 2 is 2.09 bits per heavy atom. The van der Waals surface area contributed by atoms with Gasteiger partial charge in [-0.2, -0.15) is 0 Å². The molecule has 1 aromatic rings. The molecule has 2 rings (SSSR count). The van der Waals surface area contributed by atoms with Crippen molar-refractivity contribution in [1.29, 1.82) is 0 Å². The number of esters is 1. The van der Waals surface area contributed by atoms with E-state index >= 15 is 0 Å². The van der Waals surface area contributed by atoms with Crippen LogP contribution in [0, 0.1) is 17.6 Å². The van der Waals surface area contributed by atoms with Crippen LogP contribution in [0.4, 0.5) is 8.78 Å². The Morgan fingerprint density at radius 1 is 1.41 bits per heavy atom. The van der Waals surface area contributed by atoms with Crippen molar-refractivity contribution in [3.63, 3.8) is 0 Å². The molecule has 0 radical (unpaired) electrons. The first kappa shape index (κ1) is 16.8. The van der Waals surface area contributed by atoms with E-state index < -0.39 is 35.0 Å². The summed E-state index contributed by atoms with van der Waals surface area (Å²) in [5.74, 6) is -2.72. The summed E-state index contributed by atoms with van der Waals surface area (Å²) in [7, 11) is 1.29. The van der Waals surface area contributed by atoms with Crippen molar-refractivity contribution in [3.05, 3.63) is 35.4 Å². The van der Waals surface area contributed by atoms with Gasteiger partial charge in [0.1, 0.15) is 11.6 Å². The van der Waals surface area contributed by atoms with Crippen LogP contribution in [0.25, 0.3) is 0 Å². The van der Waals surface area contributed by atoms with Crippen molar-refractivity contribution in [3.8, 4) is 0 Å². The molecule has 4 nitrogen and oxygen atoms in total. The van der Waals surface area contributed by atoms with Crippen molar-refractivity contribution in [2.75, 3.05) is 26.8 Å². The Kier molecular flexibility index (Phi) is 4.82. The van der Waals surface area contributed by atoms with Crippen molar-refractivity contribution in [2.24, 2.45) is 5.92 Å². The summed E-state index contributed by atoms with van der Waals surface area (Å²) in [6.45, 7) is 4.38. The van der Waals surface area contributed by atoms with Crippen LogP contribution in [0.2, 0.25) is 0 Å². The quantitative estimate of drug-likeness (QED) is 0.863. The molecule has 0 aliphatic carbocycles. The van der Waals surface area contributed by atoms with Crippen LogP contribution in [0.5, 0.6) is 0 Å². The van der Waals surface area contributed by atoms with Gasteiger partial charge in [0.15, 0.2) is 0 Å². The molecule has 0 amide bonds. The number of halogens is 2. The normalized spacial score (nSPS) is 22.8. The number of benzene rings is 1. The Balaban J connectivity index is 2.36. The second-order valence-corrected chi connectivity index (χ2v) is 6.28. The lowest BCUT2D eigenvalue weighted by atomic mass is 9.88. The number of aliphatic hydroxyl groups excluding tert-OH is 1. The average Bonchev–Trinajstić information content (AvgIpc) is 2.92. The average molecular weight is 313 g/mol. The molecule has 1 aromatic carbocycles. The van der Waals surface area contributed by atoms with Gasteiger partial charge >= 0.3 is 5.97 Å². The molecule has 1 fully saturated rings. The molecular weight excluding hydrogens is 292 g/mol. The van der Waals surface area contributed by atoms with Gasteiger partial charge in [0.25, 0.3) is 0 Å². The largest absolute Gasteiger partial charge is 0.469 e. The molecule has 0 aromatic heterocycles. The number of ether oxygens (including phenoxy) is 1. The molecule has 22 heavy (non-hydrogen) atoms. The lowest BCUT2D eigenvalue weighted by Crippen LogP contribution is -2.45. The summed E-state index contributed by atoms with van der Waals surface area (Å²) in [5.41, 5.74) is -0.231. The fourth-order valence-electron chi connectivity index (χ4n) is 2.91. The minimum Gasteiger partial charge on any atom is -0.469 e. The van der Waals surface area contributed by atoms with Gasteiger partial charge in [-0.15, -0.1) is 0 Å². The number of carbonyl (C=O) groups excluding carboxylic acids is 1. The Bertz CT molecular complexity index is 562. The molecule has 1 aliphatic heterocycles. The van der Waals surface area contributed by atoms with Gasteiger partial charge in [-0.3, -0.25) is 9.69 Å². The maximum atomic E-state index is 14.1. The maximum absolute atomic E-state index is 14.1. The molecule has 6 heteroatoms. The number of carbonyl (C=O) groups is 1. The number of aliphatic hydroxyl groups is 1. The highest BCUT2D eigenvalue weighted by molar-refractivity contribution is 5.74.